The van der Waals surface area contributed by atoms with Gasteiger partial charge in [0.1, 0.15) is 11.2 Å². The van der Waals surface area contributed by atoms with Crippen molar-refractivity contribution >= 4 is 34.9 Å². The SMILES string of the molecule is CC[C@@H]1S[C@@H](c2cccc(F)c2)N(CCCN(C)C(=O)c2cccs2)C1=O. The van der Waals surface area contributed by atoms with Gasteiger partial charge in [-0.2, -0.15) is 0 Å². The molecular formula is C20H23FN2O2S2. The number of hydrogen-bond acceptors (Lipinski definition) is 4. The zero-order valence-corrected chi connectivity index (χ0v) is 17.1. The molecule has 2 atom stereocenters. The minimum absolute atomic E-state index is 0.000221. The first kappa shape index (κ1) is 19.9. The highest BCUT2D eigenvalue weighted by Crippen LogP contribution is 2.44. The van der Waals surface area contributed by atoms with E-state index < -0.39 is 0 Å². The Morgan fingerprint density at radius 1 is 1.30 bits per heavy atom. The highest BCUT2D eigenvalue weighted by Gasteiger charge is 2.39. The molecule has 0 saturated carbocycles. The molecule has 1 aliphatic heterocycles. The minimum Gasteiger partial charge on any atom is -0.341 e. The third-order valence-electron chi connectivity index (χ3n) is 4.61. The van der Waals surface area contributed by atoms with Crippen LogP contribution < -0.4 is 0 Å². The van der Waals surface area contributed by atoms with Crippen molar-refractivity contribution in [3.8, 4) is 0 Å². The van der Waals surface area contributed by atoms with E-state index in [2.05, 4.69) is 0 Å². The topological polar surface area (TPSA) is 40.6 Å². The summed E-state index contributed by atoms with van der Waals surface area (Å²) in [6, 6.07) is 10.1. The van der Waals surface area contributed by atoms with Gasteiger partial charge in [-0.25, -0.2) is 4.39 Å². The van der Waals surface area contributed by atoms with E-state index in [1.807, 2.05) is 35.4 Å². The molecule has 7 heteroatoms. The van der Waals surface area contributed by atoms with Crippen LogP contribution >= 0.6 is 23.1 Å². The van der Waals surface area contributed by atoms with Crippen LogP contribution in [0.2, 0.25) is 0 Å². The van der Waals surface area contributed by atoms with Gasteiger partial charge in [-0.3, -0.25) is 9.59 Å². The Morgan fingerprint density at radius 3 is 2.78 bits per heavy atom. The van der Waals surface area contributed by atoms with Gasteiger partial charge in [-0.15, -0.1) is 23.1 Å². The quantitative estimate of drug-likeness (QED) is 0.684. The van der Waals surface area contributed by atoms with Crippen molar-refractivity contribution in [2.24, 2.45) is 0 Å². The maximum atomic E-state index is 13.6. The number of hydrogen-bond donors (Lipinski definition) is 0. The molecule has 27 heavy (non-hydrogen) atoms. The Morgan fingerprint density at radius 2 is 2.11 bits per heavy atom. The Bertz CT molecular complexity index is 797. The zero-order valence-electron chi connectivity index (χ0n) is 15.4. The summed E-state index contributed by atoms with van der Waals surface area (Å²) in [5.74, 6) is -0.189. The summed E-state index contributed by atoms with van der Waals surface area (Å²) in [4.78, 5) is 29.3. The first-order chi connectivity index (χ1) is 13.0. The fraction of sp³-hybridized carbons (Fsp3) is 0.400. The normalized spacial score (nSPS) is 19.5. The summed E-state index contributed by atoms with van der Waals surface area (Å²) in [6.07, 6.45) is 1.44. The van der Waals surface area contributed by atoms with Crippen LogP contribution in [0, 0.1) is 5.82 Å². The van der Waals surface area contributed by atoms with Crippen molar-refractivity contribution in [3.05, 3.63) is 58.0 Å². The van der Waals surface area contributed by atoms with Crippen molar-refractivity contribution < 1.29 is 14.0 Å². The molecule has 2 heterocycles. The highest BCUT2D eigenvalue weighted by molar-refractivity contribution is 8.01. The second-order valence-electron chi connectivity index (χ2n) is 6.53. The predicted octanol–water partition coefficient (Wildman–Crippen LogP) is 4.40. The average Bonchev–Trinajstić information content (AvgIpc) is 3.30. The van der Waals surface area contributed by atoms with Gasteiger partial charge in [-0.05, 0) is 42.0 Å². The molecule has 1 saturated heterocycles. The third kappa shape index (κ3) is 4.52. The van der Waals surface area contributed by atoms with E-state index in [-0.39, 0.29) is 28.3 Å². The monoisotopic (exact) mass is 406 g/mol. The van der Waals surface area contributed by atoms with Crippen LogP contribution in [0.25, 0.3) is 0 Å². The van der Waals surface area contributed by atoms with E-state index in [1.165, 1.54) is 23.5 Å². The molecule has 1 aromatic heterocycles. The molecule has 1 aromatic carbocycles. The number of thiophene rings is 1. The lowest BCUT2D eigenvalue weighted by molar-refractivity contribution is -0.130. The summed E-state index contributed by atoms with van der Waals surface area (Å²) < 4.78 is 13.6. The molecule has 0 spiro atoms. The lowest BCUT2D eigenvalue weighted by Crippen LogP contribution is -2.34. The van der Waals surface area contributed by atoms with Crippen LogP contribution in [0.1, 0.15) is 40.4 Å². The van der Waals surface area contributed by atoms with Crippen LogP contribution in [0.15, 0.2) is 41.8 Å². The highest BCUT2D eigenvalue weighted by atomic mass is 32.2. The summed E-state index contributed by atoms with van der Waals surface area (Å²) in [5, 5.41) is 1.62. The summed E-state index contributed by atoms with van der Waals surface area (Å²) in [6.45, 7) is 3.11. The molecule has 0 radical (unpaired) electrons. The first-order valence-corrected chi connectivity index (χ1v) is 10.8. The summed E-state index contributed by atoms with van der Waals surface area (Å²) in [5.41, 5.74) is 0.812. The Kier molecular flexibility index (Phi) is 6.55. The number of thioether (sulfide) groups is 1. The van der Waals surface area contributed by atoms with E-state index in [1.54, 1.807) is 29.8 Å². The van der Waals surface area contributed by atoms with Gasteiger partial charge in [0.25, 0.3) is 5.91 Å². The van der Waals surface area contributed by atoms with Crippen molar-refractivity contribution in [3.63, 3.8) is 0 Å². The molecule has 1 fully saturated rings. The largest absolute Gasteiger partial charge is 0.341 e. The van der Waals surface area contributed by atoms with E-state index in [9.17, 15) is 14.0 Å². The van der Waals surface area contributed by atoms with E-state index in [4.69, 9.17) is 0 Å². The lowest BCUT2D eigenvalue weighted by atomic mass is 10.2. The number of rotatable bonds is 7. The van der Waals surface area contributed by atoms with Crippen LogP contribution in [-0.2, 0) is 4.79 Å². The number of carbonyl (C=O) groups is 2. The minimum atomic E-state index is -0.290. The summed E-state index contributed by atoms with van der Waals surface area (Å²) >= 11 is 3.01. The van der Waals surface area contributed by atoms with Crippen LogP contribution in [0.3, 0.4) is 0 Å². The molecule has 0 N–H and O–H groups in total. The zero-order chi connectivity index (χ0) is 19.4. The second-order valence-corrected chi connectivity index (χ2v) is 8.76. The number of nitrogens with zero attached hydrogens (tertiary/aromatic N) is 2. The summed E-state index contributed by atoms with van der Waals surface area (Å²) in [7, 11) is 1.78. The first-order valence-electron chi connectivity index (χ1n) is 9.01. The van der Waals surface area contributed by atoms with Crippen LogP contribution in [0.5, 0.6) is 0 Å². The molecule has 0 unspecified atom stereocenters. The van der Waals surface area contributed by atoms with E-state index >= 15 is 0 Å². The van der Waals surface area contributed by atoms with Gasteiger partial charge >= 0.3 is 0 Å². The molecular weight excluding hydrogens is 383 g/mol. The van der Waals surface area contributed by atoms with Crippen LogP contribution in [0.4, 0.5) is 4.39 Å². The van der Waals surface area contributed by atoms with E-state index in [0.29, 0.717) is 24.4 Å². The Labute approximate surface area is 167 Å². The molecule has 2 aromatic rings. The van der Waals surface area contributed by atoms with E-state index in [0.717, 1.165) is 12.0 Å². The van der Waals surface area contributed by atoms with Gasteiger partial charge in [0.15, 0.2) is 0 Å². The molecule has 144 valence electrons. The fourth-order valence-corrected chi connectivity index (χ4v) is 5.31. The Hall–Kier alpha value is -1.86. The van der Waals surface area contributed by atoms with Gasteiger partial charge in [0.05, 0.1) is 10.1 Å². The third-order valence-corrected chi connectivity index (χ3v) is 7.12. The smallest absolute Gasteiger partial charge is 0.263 e. The maximum Gasteiger partial charge on any atom is 0.263 e. The second kappa shape index (κ2) is 8.89. The van der Waals surface area contributed by atoms with Crippen molar-refractivity contribution in [1.82, 2.24) is 9.80 Å². The van der Waals surface area contributed by atoms with Gasteiger partial charge < -0.3 is 9.80 Å². The molecule has 0 aliphatic carbocycles. The molecule has 4 nitrogen and oxygen atoms in total. The van der Waals surface area contributed by atoms with Crippen molar-refractivity contribution in [2.45, 2.75) is 30.4 Å². The number of amides is 2. The van der Waals surface area contributed by atoms with Gasteiger partial charge in [-0.1, -0.05) is 25.1 Å². The molecule has 0 bridgehead atoms. The van der Waals surface area contributed by atoms with Crippen molar-refractivity contribution in [1.29, 1.82) is 0 Å². The lowest BCUT2D eigenvalue weighted by Gasteiger charge is -2.25. The Balaban J connectivity index is 1.64. The van der Waals surface area contributed by atoms with Crippen molar-refractivity contribution in [2.75, 3.05) is 20.1 Å². The standard InChI is InChI=1S/C20H23FN2O2S2/c1-3-16-19(25)23(20(27-16)14-7-4-8-15(21)13-14)11-6-10-22(2)18(24)17-9-5-12-26-17/h4-5,7-9,12-13,16,20H,3,6,10-11H2,1-2H3/t16-,20-/m0/s1. The number of carbonyl (C=O) groups excluding carboxylic acids is 2. The predicted molar refractivity (Wildman–Crippen MR) is 108 cm³/mol. The van der Waals surface area contributed by atoms with Gasteiger partial charge in [0.2, 0.25) is 5.91 Å². The maximum absolute atomic E-state index is 13.6. The fourth-order valence-electron chi connectivity index (χ4n) is 3.17. The van der Waals surface area contributed by atoms with Crippen LogP contribution in [-0.4, -0.2) is 47.0 Å². The number of halogens is 1. The molecule has 3 rings (SSSR count). The molecule has 2 amide bonds. The molecule has 1 aliphatic rings. The van der Waals surface area contributed by atoms with Gasteiger partial charge in [0, 0.05) is 20.1 Å². The average molecular weight is 407 g/mol. The number of benzene rings is 1.